The molecule has 0 aliphatic carbocycles. The van der Waals surface area contributed by atoms with Crippen molar-refractivity contribution in [2.45, 2.75) is 6.42 Å². The maximum atomic E-state index is 8.28. The Morgan fingerprint density at radius 3 is 2.19 bits per heavy atom. The van der Waals surface area contributed by atoms with Gasteiger partial charge >= 0.3 is 0 Å². The summed E-state index contributed by atoms with van der Waals surface area (Å²) >= 11 is 0. The highest BCUT2D eigenvalue weighted by Gasteiger charge is 2.04. The number of benzene rings is 3. The molecule has 100 valence electrons. The fourth-order valence-electron chi connectivity index (χ4n) is 2.45. The number of nitrogens with zero attached hydrogens (tertiary/aromatic N) is 3. The molecule has 0 radical (unpaired) electrons. The van der Waals surface area contributed by atoms with Crippen molar-refractivity contribution >= 4 is 21.5 Å². The number of azide groups is 1. The van der Waals surface area contributed by atoms with E-state index >= 15 is 0 Å². The molecule has 0 bridgehead atoms. The topological polar surface area (TPSA) is 48.8 Å². The summed E-state index contributed by atoms with van der Waals surface area (Å²) in [5, 5.41) is 8.21. The molecule has 0 aliphatic heterocycles. The van der Waals surface area contributed by atoms with Crippen LogP contribution < -0.4 is 0 Å². The Hall–Kier alpha value is -2.95. The Morgan fingerprint density at radius 2 is 1.57 bits per heavy atom. The van der Waals surface area contributed by atoms with Gasteiger partial charge in [0.25, 0.3) is 0 Å². The van der Waals surface area contributed by atoms with Crippen LogP contribution in [-0.4, -0.2) is 6.54 Å². The first-order valence-electron chi connectivity index (χ1n) is 6.80. The molecule has 3 aromatic rings. The second-order valence-corrected chi connectivity index (χ2v) is 4.70. The fourth-order valence-corrected chi connectivity index (χ4v) is 2.45. The second kappa shape index (κ2) is 6.00. The van der Waals surface area contributed by atoms with Gasteiger partial charge in [-0.25, -0.2) is 0 Å². The Bertz CT molecular complexity index is 856. The normalized spacial score (nSPS) is 9.90. The van der Waals surface area contributed by atoms with Crippen LogP contribution in [0.2, 0.25) is 0 Å². The van der Waals surface area contributed by atoms with E-state index < -0.39 is 0 Å². The van der Waals surface area contributed by atoms with Crippen LogP contribution >= 0.6 is 0 Å². The summed E-state index contributed by atoms with van der Waals surface area (Å²) in [6, 6.07) is 18.7. The summed E-state index contributed by atoms with van der Waals surface area (Å²) in [5.41, 5.74) is 9.32. The maximum Gasteiger partial charge on any atom is 0.0402 e. The minimum absolute atomic E-state index is 0.409. The molecule has 3 rings (SSSR count). The van der Waals surface area contributed by atoms with Gasteiger partial charge in [-0.2, -0.15) is 0 Å². The van der Waals surface area contributed by atoms with Gasteiger partial charge in [0.1, 0.15) is 0 Å². The summed E-state index contributed by atoms with van der Waals surface area (Å²) < 4.78 is 0. The third kappa shape index (κ3) is 2.67. The lowest BCUT2D eigenvalue weighted by atomic mass is 9.97. The third-order valence-corrected chi connectivity index (χ3v) is 3.38. The van der Waals surface area contributed by atoms with E-state index in [9.17, 15) is 0 Å². The van der Waals surface area contributed by atoms with E-state index in [0.717, 1.165) is 16.3 Å². The van der Waals surface area contributed by atoms with Crippen molar-refractivity contribution < 1.29 is 0 Å². The minimum atomic E-state index is 0.409. The summed E-state index contributed by atoms with van der Waals surface area (Å²) in [4.78, 5) is 2.74. The summed E-state index contributed by atoms with van der Waals surface area (Å²) in [6.45, 7) is 0.409. The van der Waals surface area contributed by atoms with Gasteiger partial charge in [-0.15, -0.1) is 0 Å². The third-order valence-electron chi connectivity index (χ3n) is 3.38. The van der Waals surface area contributed by atoms with Crippen LogP contribution in [0.1, 0.15) is 12.0 Å². The Kier molecular flexibility index (Phi) is 3.73. The van der Waals surface area contributed by atoms with Crippen molar-refractivity contribution in [3.63, 3.8) is 0 Å². The van der Waals surface area contributed by atoms with Crippen LogP contribution in [0.25, 0.3) is 32.0 Å². The number of fused-ring (bicyclic) bond motifs is 2. The molecule has 3 nitrogen and oxygen atoms in total. The van der Waals surface area contributed by atoms with Crippen LogP contribution in [0.15, 0.2) is 59.7 Å². The first-order chi connectivity index (χ1) is 10.4. The van der Waals surface area contributed by atoms with Crippen LogP contribution in [0.4, 0.5) is 0 Å². The minimum Gasteiger partial charge on any atom is -0.0977 e. The van der Waals surface area contributed by atoms with Gasteiger partial charge in [0.2, 0.25) is 0 Å². The standard InChI is InChI=1S/C18H13N3/c19-21-20-12-6-5-11-18-16-9-3-1-7-14(16)13-15-8-2-4-10-17(15)18/h1-4,7-10,13H,6,12H2. The lowest BCUT2D eigenvalue weighted by Gasteiger charge is -2.06. The van der Waals surface area contributed by atoms with Crippen LogP contribution in [-0.2, 0) is 0 Å². The zero-order valence-electron chi connectivity index (χ0n) is 11.5. The Morgan fingerprint density at radius 1 is 0.952 bits per heavy atom. The van der Waals surface area contributed by atoms with Crippen molar-refractivity contribution in [3.05, 3.63) is 70.6 Å². The highest BCUT2D eigenvalue weighted by Crippen LogP contribution is 2.27. The lowest BCUT2D eigenvalue weighted by molar-refractivity contribution is 1.02. The molecule has 0 atom stereocenters. The smallest absolute Gasteiger partial charge is 0.0402 e. The molecule has 3 heteroatoms. The summed E-state index contributed by atoms with van der Waals surface area (Å²) in [5.74, 6) is 6.36. The quantitative estimate of drug-likeness (QED) is 0.156. The molecule has 3 aromatic carbocycles. The van der Waals surface area contributed by atoms with Gasteiger partial charge < -0.3 is 0 Å². The first kappa shape index (κ1) is 13.1. The summed E-state index contributed by atoms with van der Waals surface area (Å²) in [6.07, 6.45) is 0.571. The van der Waals surface area contributed by atoms with Crippen LogP contribution in [0, 0.1) is 11.8 Å². The Balaban J connectivity index is 2.18. The summed E-state index contributed by atoms with van der Waals surface area (Å²) in [7, 11) is 0. The van der Waals surface area contributed by atoms with E-state index in [-0.39, 0.29) is 0 Å². The van der Waals surface area contributed by atoms with E-state index in [4.69, 9.17) is 5.53 Å². The predicted molar refractivity (Wildman–Crippen MR) is 87.0 cm³/mol. The molecule has 0 heterocycles. The van der Waals surface area contributed by atoms with Gasteiger partial charge in [-0.1, -0.05) is 65.5 Å². The Labute approximate surface area is 122 Å². The van der Waals surface area contributed by atoms with Crippen molar-refractivity contribution in [2.24, 2.45) is 5.11 Å². The SMILES string of the molecule is [N-]=[N+]=NCCC#Cc1c2ccccc2cc2ccccc12. The first-order valence-corrected chi connectivity index (χ1v) is 6.80. The molecule has 0 unspecified atom stereocenters. The zero-order valence-corrected chi connectivity index (χ0v) is 11.5. The van der Waals surface area contributed by atoms with E-state index in [1.54, 1.807) is 0 Å². The maximum absolute atomic E-state index is 8.28. The monoisotopic (exact) mass is 271 g/mol. The average molecular weight is 271 g/mol. The van der Waals surface area contributed by atoms with Crippen molar-refractivity contribution in [2.75, 3.05) is 6.54 Å². The molecule has 21 heavy (non-hydrogen) atoms. The predicted octanol–water partition coefficient (Wildman–Crippen LogP) is 5.04. The fraction of sp³-hybridized carbons (Fsp3) is 0.111. The number of rotatable bonds is 2. The van der Waals surface area contributed by atoms with Gasteiger partial charge in [-0.05, 0) is 33.1 Å². The van der Waals surface area contributed by atoms with E-state index in [1.807, 2.05) is 24.3 Å². The largest absolute Gasteiger partial charge is 0.0977 e. The molecule has 0 aromatic heterocycles. The molecular weight excluding hydrogens is 258 g/mol. The van der Waals surface area contributed by atoms with E-state index in [1.165, 1.54) is 10.8 Å². The molecule has 0 spiro atoms. The molecular formula is C18H13N3. The number of hydrogen-bond acceptors (Lipinski definition) is 1. The molecule has 0 amide bonds. The average Bonchev–Trinajstić information content (AvgIpc) is 2.53. The van der Waals surface area contributed by atoms with Gasteiger partial charge in [-0.3, -0.25) is 0 Å². The molecule has 0 aliphatic rings. The molecule has 0 saturated carbocycles. The van der Waals surface area contributed by atoms with Crippen LogP contribution in [0.3, 0.4) is 0 Å². The van der Waals surface area contributed by atoms with Crippen LogP contribution in [0.5, 0.6) is 0 Å². The molecule has 0 fully saturated rings. The van der Waals surface area contributed by atoms with Crippen molar-refractivity contribution in [1.29, 1.82) is 0 Å². The highest BCUT2D eigenvalue weighted by atomic mass is 15.1. The molecule has 0 N–H and O–H groups in total. The van der Waals surface area contributed by atoms with Gasteiger partial charge in [0.15, 0.2) is 0 Å². The van der Waals surface area contributed by atoms with E-state index in [2.05, 4.69) is 52.2 Å². The highest BCUT2D eigenvalue weighted by molar-refractivity contribution is 6.04. The van der Waals surface area contributed by atoms with Gasteiger partial charge in [0.05, 0.1) is 0 Å². The molecule has 0 saturated heterocycles. The lowest BCUT2D eigenvalue weighted by Crippen LogP contribution is -1.84. The number of hydrogen-bond donors (Lipinski definition) is 0. The zero-order chi connectivity index (χ0) is 14.5. The second-order valence-electron chi connectivity index (χ2n) is 4.70. The van der Waals surface area contributed by atoms with Crippen molar-refractivity contribution in [1.82, 2.24) is 0 Å². The van der Waals surface area contributed by atoms with E-state index in [0.29, 0.717) is 13.0 Å². The van der Waals surface area contributed by atoms with Gasteiger partial charge in [0, 0.05) is 23.4 Å². The van der Waals surface area contributed by atoms with Crippen molar-refractivity contribution in [3.8, 4) is 11.8 Å².